The Labute approximate surface area is 101 Å². The number of benzene rings is 1. The molecule has 1 N–H and O–H groups in total. The van der Waals surface area contributed by atoms with Crippen molar-refractivity contribution in [2.45, 2.75) is 13.5 Å². The highest BCUT2D eigenvalue weighted by Gasteiger charge is 2.11. The van der Waals surface area contributed by atoms with Gasteiger partial charge in [0, 0.05) is 0 Å². The zero-order valence-electron chi connectivity index (χ0n) is 8.98. The molecule has 5 nitrogen and oxygen atoms in total. The molecule has 0 aliphatic heterocycles. The summed E-state index contributed by atoms with van der Waals surface area (Å²) in [5.74, 6) is -0.233. The summed E-state index contributed by atoms with van der Waals surface area (Å²) in [6.07, 6.45) is 0. The molecule has 6 heteroatoms. The molecule has 0 aliphatic carbocycles. The van der Waals surface area contributed by atoms with Gasteiger partial charge >= 0.3 is 0 Å². The Bertz CT molecular complexity index is 664. The largest absolute Gasteiger partial charge is 0.508 e. The molecule has 17 heavy (non-hydrogen) atoms. The van der Waals surface area contributed by atoms with Crippen LogP contribution in [0.25, 0.3) is 10.9 Å². The minimum atomic E-state index is -0.439. The Kier molecular flexibility index (Phi) is 2.85. The van der Waals surface area contributed by atoms with Gasteiger partial charge in [-0.05, 0) is 36.7 Å². The van der Waals surface area contributed by atoms with Gasteiger partial charge in [0.2, 0.25) is 5.28 Å². The van der Waals surface area contributed by atoms with E-state index in [-0.39, 0.29) is 28.7 Å². The number of hydrogen-bond acceptors (Lipinski definition) is 4. The van der Waals surface area contributed by atoms with Crippen LogP contribution in [0.1, 0.15) is 6.92 Å². The predicted molar refractivity (Wildman–Crippen MR) is 63.4 cm³/mol. The first-order valence-corrected chi connectivity index (χ1v) is 5.25. The average Bonchev–Trinajstić information content (AvgIpc) is 2.25. The molecule has 0 saturated carbocycles. The molecule has 88 valence electrons. The third-order valence-electron chi connectivity index (χ3n) is 2.27. The molecule has 1 heterocycles. The molecule has 0 spiro atoms. The second-order valence-corrected chi connectivity index (χ2v) is 4.01. The maximum Gasteiger partial charge on any atom is 0.262 e. The molecule has 0 amide bonds. The van der Waals surface area contributed by atoms with Crippen LogP contribution < -0.4 is 5.56 Å². The fourth-order valence-electron chi connectivity index (χ4n) is 1.54. The summed E-state index contributed by atoms with van der Waals surface area (Å²) in [6.45, 7) is 1.23. The lowest BCUT2D eigenvalue weighted by molar-refractivity contribution is -0.117. The summed E-state index contributed by atoms with van der Waals surface area (Å²) >= 11 is 5.83. The second-order valence-electron chi connectivity index (χ2n) is 3.68. The number of rotatable bonds is 2. The number of aromatic hydroxyl groups is 1. The van der Waals surface area contributed by atoms with Crippen molar-refractivity contribution in [2.75, 3.05) is 0 Å². The molecule has 0 aliphatic rings. The SMILES string of the molecule is CC(=O)Cn1c(Cl)nc2ccc(O)cc2c1=O. The van der Waals surface area contributed by atoms with Gasteiger partial charge in [-0.2, -0.15) is 0 Å². The van der Waals surface area contributed by atoms with Crippen molar-refractivity contribution in [2.24, 2.45) is 0 Å². The lowest BCUT2D eigenvalue weighted by Gasteiger charge is -2.07. The highest BCUT2D eigenvalue weighted by molar-refractivity contribution is 6.28. The van der Waals surface area contributed by atoms with Crippen LogP contribution in [-0.4, -0.2) is 20.4 Å². The van der Waals surface area contributed by atoms with E-state index in [1.165, 1.54) is 25.1 Å². The Morgan fingerprint density at radius 2 is 2.24 bits per heavy atom. The molecule has 0 atom stereocenters. The Balaban J connectivity index is 2.78. The minimum Gasteiger partial charge on any atom is -0.508 e. The number of aromatic nitrogens is 2. The van der Waals surface area contributed by atoms with Crippen molar-refractivity contribution < 1.29 is 9.90 Å². The molecule has 0 bridgehead atoms. The maximum atomic E-state index is 12.0. The number of phenolic OH excluding ortho intramolecular Hbond substituents is 1. The van der Waals surface area contributed by atoms with E-state index in [4.69, 9.17) is 11.6 Å². The van der Waals surface area contributed by atoms with Crippen LogP contribution >= 0.6 is 11.6 Å². The first-order chi connectivity index (χ1) is 7.99. The molecule has 2 aromatic rings. The maximum absolute atomic E-state index is 12.0. The summed E-state index contributed by atoms with van der Waals surface area (Å²) < 4.78 is 1.08. The third kappa shape index (κ3) is 2.14. The fraction of sp³-hybridized carbons (Fsp3) is 0.182. The van der Waals surface area contributed by atoms with E-state index >= 15 is 0 Å². The van der Waals surface area contributed by atoms with E-state index in [1.54, 1.807) is 0 Å². The lowest BCUT2D eigenvalue weighted by atomic mass is 10.2. The van der Waals surface area contributed by atoms with E-state index in [0.717, 1.165) is 4.57 Å². The van der Waals surface area contributed by atoms with Gasteiger partial charge in [-0.1, -0.05) is 0 Å². The quantitative estimate of drug-likeness (QED) is 0.819. The van der Waals surface area contributed by atoms with Crippen molar-refractivity contribution in [3.63, 3.8) is 0 Å². The molecule has 0 saturated heterocycles. The number of ketones is 1. The van der Waals surface area contributed by atoms with Gasteiger partial charge in [0.1, 0.15) is 11.5 Å². The van der Waals surface area contributed by atoms with Crippen LogP contribution in [0.2, 0.25) is 5.28 Å². The number of carbonyl (C=O) groups excluding carboxylic acids is 1. The fourth-order valence-corrected chi connectivity index (χ4v) is 1.77. The summed E-state index contributed by atoms with van der Waals surface area (Å²) in [7, 11) is 0. The normalized spacial score (nSPS) is 10.7. The van der Waals surface area contributed by atoms with Crippen molar-refractivity contribution in [1.29, 1.82) is 0 Å². The predicted octanol–water partition coefficient (Wildman–Crippen LogP) is 1.34. The third-order valence-corrected chi connectivity index (χ3v) is 2.56. The van der Waals surface area contributed by atoms with Crippen LogP contribution in [0.4, 0.5) is 0 Å². The molecule has 2 rings (SSSR count). The van der Waals surface area contributed by atoms with Crippen molar-refractivity contribution in [3.8, 4) is 5.75 Å². The van der Waals surface area contributed by atoms with Crippen molar-refractivity contribution in [3.05, 3.63) is 33.8 Å². The standard InChI is InChI=1S/C11H9ClN2O3/c1-6(15)5-14-10(17)8-4-7(16)2-3-9(8)13-11(14)12/h2-4,16H,5H2,1H3. The lowest BCUT2D eigenvalue weighted by Crippen LogP contribution is -2.25. The van der Waals surface area contributed by atoms with Gasteiger partial charge in [-0.25, -0.2) is 4.98 Å². The van der Waals surface area contributed by atoms with Crippen LogP contribution in [0, 0.1) is 0 Å². The molecular weight excluding hydrogens is 244 g/mol. The number of carbonyl (C=O) groups is 1. The summed E-state index contributed by atoms with van der Waals surface area (Å²) in [6, 6.07) is 4.22. The zero-order valence-corrected chi connectivity index (χ0v) is 9.73. The van der Waals surface area contributed by atoms with Crippen molar-refractivity contribution >= 4 is 28.3 Å². The topological polar surface area (TPSA) is 72.2 Å². The van der Waals surface area contributed by atoms with Gasteiger partial charge < -0.3 is 5.11 Å². The molecule has 0 fully saturated rings. The number of phenols is 1. The number of Topliss-reactive ketones (excluding diaryl/α,β-unsaturated/α-hetero) is 1. The summed E-state index contributed by atoms with van der Waals surface area (Å²) in [4.78, 5) is 27.0. The first kappa shape index (κ1) is 11.6. The number of nitrogens with zero attached hydrogens (tertiary/aromatic N) is 2. The highest BCUT2D eigenvalue weighted by Crippen LogP contribution is 2.17. The van der Waals surface area contributed by atoms with Gasteiger partial charge in [-0.3, -0.25) is 14.2 Å². The monoisotopic (exact) mass is 252 g/mol. The highest BCUT2D eigenvalue weighted by atomic mass is 35.5. The van der Waals surface area contributed by atoms with Gasteiger partial charge in [-0.15, -0.1) is 0 Å². The number of fused-ring (bicyclic) bond motifs is 1. The van der Waals surface area contributed by atoms with Crippen LogP contribution in [0.3, 0.4) is 0 Å². The van der Waals surface area contributed by atoms with Gasteiger partial charge in [0.25, 0.3) is 5.56 Å². The number of halogens is 1. The Morgan fingerprint density at radius 1 is 1.53 bits per heavy atom. The molecule has 1 aromatic heterocycles. The van der Waals surface area contributed by atoms with E-state index < -0.39 is 5.56 Å². The van der Waals surface area contributed by atoms with Crippen LogP contribution in [0.15, 0.2) is 23.0 Å². The molecule has 1 aromatic carbocycles. The second kappa shape index (κ2) is 4.18. The van der Waals surface area contributed by atoms with E-state index in [2.05, 4.69) is 4.98 Å². The van der Waals surface area contributed by atoms with Crippen LogP contribution in [-0.2, 0) is 11.3 Å². The Morgan fingerprint density at radius 3 is 2.88 bits per heavy atom. The summed E-state index contributed by atoms with van der Waals surface area (Å²) in [5.41, 5.74) is -0.0521. The minimum absolute atomic E-state index is 0.0342. The summed E-state index contributed by atoms with van der Waals surface area (Å²) in [5, 5.41) is 9.51. The average molecular weight is 253 g/mol. The molecule has 0 radical (unpaired) electrons. The van der Waals surface area contributed by atoms with Gasteiger partial charge in [0.05, 0.1) is 17.4 Å². The Hall–Kier alpha value is -1.88. The molecule has 0 unspecified atom stereocenters. The van der Waals surface area contributed by atoms with Gasteiger partial charge in [0.15, 0.2) is 0 Å². The smallest absolute Gasteiger partial charge is 0.262 e. The first-order valence-electron chi connectivity index (χ1n) is 4.87. The van der Waals surface area contributed by atoms with E-state index in [0.29, 0.717) is 5.52 Å². The van der Waals surface area contributed by atoms with Crippen LogP contribution in [0.5, 0.6) is 5.75 Å². The van der Waals surface area contributed by atoms with E-state index in [9.17, 15) is 14.7 Å². The van der Waals surface area contributed by atoms with E-state index in [1.807, 2.05) is 0 Å². The number of hydrogen-bond donors (Lipinski definition) is 1. The zero-order chi connectivity index (χ0) is 12.6. The molecular formula is C11H9ClN2O3. The van der Waals surface area contributed by atoms with Crippen molar-refractivity contribution in [1.82, 2.24) is 9.55 Å².